The van der Waals surface area contributed by atoms with E-state index in [2.05, 4.69) is 31.1 Å². The lowest BCUT2D eigenvalue weighted by atomic mass is 9.99. The Morgan fingerprint density at radius 1 is 1.57 bits per heavy atom. The molecule has 14 heavy (non-hydrogen) atoms. The molecular formula is C11H24N2O. The minimum absolute atomic E-state index is 0.324. The molecule has 84 valence electrons. The molecule has 3 unspecified atom stereocenters. The zero-order valence-electron chi connectivity index (χ0n) is 9.92. The molecule has 1 saturated heterocycles. The van der Waals surface area contributed by atoms with Crippen LogP contribution in [0.15, 0.2) is 0 Å². The van der Waals surface area contributed by atoms with Gasteiger partial charge in [0.2, 0.25) is 0 Å². The Morgan fingerprint density at radius 3 is 2.86 bits per heavy atom. The summed E-state index contributed by atoms with van der Waals surface area (Å²) in [6.45, 7) is 6.58. The van der Waals surface area contributed by atoms with Crippen molar-refractivity contribution in [3.8, 4) is 0 Å². The van der Waals surface area contributed by atoms with Crippen molar-refractivity contribution in [2.75, 3.05) is 27.2 Å². The summed E-state index contributed by atoms with van der Waals surface area (Å²) >= 11 is 0. The van der Waals surface area contributed by atoms with Crippen LogP contribution in [0.2, 0.25) is 0 Å². The number of likely N-dealkylation sites (tertiary alicyclic amines) is 1. The first-order valence-corrected chi connectivity index (χ1v) is 5.60. The van der Waals surface area contributed by atoms with Gasteiger partial charge in [-0.25, -0.2) is 0 Å². The van der Waals surface area contributed by atoms with Gasteiger partial charge in [0, 0.05) is 25.7 Å². The molecule has 0 spiro atoms. The first-order valence-electron chi connectivity index (χ1n) is 5.60. The first kappa shape index (κ1) is 12.0. The summed E-state index contributed by atoms with van der Waals surface area (Å²) in [7, 11) is 3.97. The lowest BCUT2D eigenvalue weighted by Gasteiger charge is -2.35. The van der Waals surface area contributed by atoms with E-state index in [1.54, 1.807) is 7.11 Å². The topological polar surface area (TPSA) is 24.5 Å². The van der Waals surface area contributed by atoms with Crippen molar-refractivity contribution < 1.29 is 4.74 Å². The van der Waals surface area contributed by atoms with Crippen LogP contribution < -0.4 is 5.32 Å². The van der Waals surface area contributed by atoms with Gasteiger partial charge in [-0.2, -0.15) is 0 Å². The number of rotatable bonds is 4. The molecule has 1 rings (SSSR count). The van der Waals surface area contributed by atoms with Crippen LogP contribution in [0.3, 0.4) is 0 Å². The molecule has 1 heterocycles. The fourth-order valence-corrected chi connectivity index (χ4v) is 1.89. The Morgan fingerprint density at radius 2 is 2.29 bits per heavy atom. The van der Waals surface area contributed by atoms with Gasteiger partial charge in [-0.15, -0.1) is 0 Å². The minimum Gasteiger partial charge on any atom is -0.380 e. The van der Waals surface area contributed by atoms with E-state index in [-0.39, 0.29) is 0 Å². The zero-order chi connectivity index (χ0) is 10.6. The molecule has 1 N–H and O–H groups in total. The van der Waals surface area contributed by atoms with Gasteiger partial charge >= 0.3 is 0 Å². The van der Waals surface area contributed by atoms with Crippen LogP contribution in [0.4, 0.5) is 0 Å². The normalized spacial score (nSPS) is 31.7. The van der Waals surface area contributed by atoms with Crippen LogP contribution in [-0.4, -0.2) is 50.3 Å². The fraction of sp³-hybridized carbons (Fsp3) is 1.00. The third kappa shape index (κ3) is 3.56. The van der Waals surface area contributed by atoms with Gasteiger partial charge in [-0.05, 0) is 40.3 Å². The Kier molecular flexibility index (Phi) is 4.85. The van der Waals surface area contributed by atoms with Crippen molar-refractivity contribution in [3.05, 3.63) is 0 Å². The summed E-state index contributed by atoms with van der Waals surface area (Å²) in [5, 5.41) is 3.57. The summed E-state index contributed by atoms with van der Waals surface area (Å²) in [5.74, 6) is 0. The maximum absolute atomic E-state index is 5.22. The van der Waals surface area contributed by atoms with E-state index in [4.69, 9.17) is 4.74 Å². The van der Waals surface area contributed by atoms with Crippen molar-refractivity contribution in [2.45, 2.75) is 44.9 Å². The average Bonchev–Trinajstić information content (AvgIpc) is 2.19. The molecule has 0 aromatic carbocycles. The maximum Gasteiger partial charge on any atom is 0.0667 e. The molecule has 1 aliphatic rings. The van der Waals surface area contributed by atoms with E-state index in [0.717, 1.165) is 6.54 Å². The van der Waals surface area contributed by atoms with Gasteiger partial charge in [-0.3, -0.25) is 0 Å². The lowest BCUT2D eigenvalue weighted by Crippen LogP contribution is -2.47. The molecule has 0 bridgehead atoms. The number of nitrogens with one attached hydrogen (secondary N) is 1. The second-order valence-corrected chi connectivity index (χ2v) is 4.51. The van der Waals surface area contributed by atoms with E-state index in [1.807, 2.05) is 0 Å². The quantitative estimate of drug-likeness (QED) is 0.735. The predicted octanol–water partition coefficient (Wildman–Crippen LogP) is 1.09. The Labute approximate surface area is 87.8 Å². The molecule has 0 radical (unpaired) electrons. The van der Waals surface area contributed by atoms with E-state index < -0.39 is 0 Å². The van der Waals surface area contributed by atoms with E-state index in [9.17, 15) is 0 Å². The number of hydrogen-bond donors (Lipinski definition) is 1. The Bertz CT molecular complexity index is 163. The standard InChI is InChI=1S/C11H24N2O/c1-9-7-11(5-6-13(9)3)12-8-10(2)14-4/h9-12H,5-8H2,1-4H3. The number of ether oxygens (including phenoxy) is 1. The smallest absolute Gasteiger partial charge is 0.0667 e. The van der Waals surface area contributed by atoms with Crippen LogP contribution in [-0.2, 0) is 4.74 Å². The highest BCUT2D eigenvalue weighted by molar-refractivity contribution is 4.81. The molecule has 3 atom stereocenters. The Balaban J connectivity index is 2.20. The number of piperidine rings is 1. The fourth-order valence-electron chi connectivity index (χ4n) is 1.89. The summed E-state index contributed by atoms with van der Waals surface area (Å²) in [5.41, 5.74) is 0. The van der Waals surface area contributed by atoms with Gasteiger partial charge < -0.3 is 15.0 Å². The van der Waals surface area contributed by atoms with Crippen molar-refractivity contribution in [1.82, 2.24) is 10.2 Å². The summed E-state index contributed by atoms with van der Waals surface area (Å²) in [4.78, 5) is 2.43. The van der Waals surface area contributed by atoms with Crippen LogP contribution in [0, 0.1) is 0 Å². The van der Waals surface area contributed by atoms with Gasteiger partial charge in [-0.1, -0.05) is 0 Å². The SMILES string of the molecule is COC(C)CNC1CCN(C)C(C)C1. The minimum atomic E-state index is 0.324. The summed E-state index contributed by atoms with van der Waals surface area (Å²) in [6.07, 6.45) is 2.84. The van der Waals surface area contributed by atoms with Gasteiger partial charge in [0.15, 0.2) is 0 Å². The van der Waals surface area contributed by atoms with E-state index in [0.29, 0.717) is 18.2 Å². The highest BCUT2D eigenvalue weighted by Gasteiger charge is 2.22. The van der Waals surface area contributed by atoms with Crippen molar-refractivity contribution in [2.24, 2.45) is 0 Å². The molecule has 0 saturated carbocycles. The second-order valence-electron chi connectivity index (χ2n) is 4.51. The molecule has 0 aromatic heterocycles. The Hall–Kier alpha value is -0.120. The number of nitrogens with zero attached hydrogens (tertiary/aromatic N) is 1. The monoisotopic (exact) mass is 200 g/mol. The third-order valence-electron chi connectivity index (χ3n) is 3.30. The van der Waals surface area contributed by atoms with Crippen molar-refractivity contribution >= 4 is 0 Å². The highest BCUT2D eigenvalue weighted by Crippen LogP contribution is 2.15. The van der Waals surface area contributed by atoms with Crippen LogP contribution >= 0.6 is 0 Å². The van der Waals surface area contributed by atoms with E-state index >= 15 is 0 Å². The molecule has 3 heteroatoms. The molecule has 0 aromatic rings. The first-order chi connectivity index (χ1) is 6.63. The molecule has 0 aliphatic carbocycles. The van der Waals surface area contributed by atoms with Crippen LogP contribution in [0.1, 0.15) is 26.7 Å². The van der Waals surface area contributed by atoms with Crippen LogP contribution in [0.5, 0.6) is 0 Å². The molecule has 1 aliphatic heterocycles. The molecule has 3 nitrogen and oxygen atoms in total. The zero-order valence-corrected chi connectivity index (χ0v) is 9.92. The van der Waals surface area contributed by atoms with Crippen molar-refractivity contribution in [1.29, 1.82) is 0 Å². The van der Waals surface area contributed by atoms with Gasteiger partial charge in [0.05, 0.1) is 6.10 Å². The predicted molar refractivity (Wildman–Crippen MR) is 59.6 cm³/mol. The summed E-state index contributed by atoms with van der Waals surface area (Å²) < 4.78 is 5.22. The average molecular weight is 200 g/mol. The van der Waals surface area contributed by atoms with Crippen LogP contribution in [0.25, 0.3) is 0 Å². The number of methoxy groups -OCH3 is 1. The molecule has 0 amide bonds. The summed E-state index contributed by atoms with van der Waals surface area (Å²) in [6, 6.07) is 1.39. The molecular weight excluding hydrogens is 176 g/mol. The lowest BCUT2D eigenvalue weighted by molar-refractivity contribution is 0.104. The van der Waals surface area contributed by atoms with Gasteiger partial charge in [0.25, 0.3) is 0 Å². The van der Waals surface area contributed by atoms with Crippen molar-refractivity contribution in [3.63, 3.8) is 0 Å². The highest BCUT2D eigenvalue weighted by atomic mass is 16.5. The third-order valence-corrected chi connectivity index (χ3v) is 3.30. The number of hydrogen-bond acceptors (Lipinski definition) is 3. The second kappa shape index (κ2) is 5.69. The maximum atomic E-state index is 5.22. The molecule has 1 fully saturated rings. The van der Waals surface area contributed by atoms with E-state index in [1.165, 1.54) is 19.4 Å². The largest absolute Gasteiger partial charge is 0.380 e. The van der Waals surface area contributed by atoms with Gasteiger partial charge in [0.1, 0.15) is 0 Å².